The second kappa shape index (κ2) is 10.1. The molecule has 0 heterocycles. The molecule has 0 atom stereocenters. The van der Waals surface area contributed by atoms with Crippen LogP contribution in [0, 0.1) is 0 Å². The van der Waals surface area contributed by atoms with E-state index in [1.807, 2.05) is 24.3 Å². The maximum atomic E-state index is 6.74. The van der Waals surface area contributed by atoms with E-state index < -0.39 is 12.0 Å². The Morgan fingerprint density at radius 1 is 0.657 bits per heavy atom. The lowest BCUT2D eigenvalue weighted by molar-refractivity contribution is 0.414. The summed E-state index contributed by atoms with van der Waals surface area (Å²) in [6.07, 6.45) is 3.41. The third-order valence-electron chi connectivity index (χ3n) is 7.19. The predicted octanol–water partition coefficient (Wildman–Crippen LogP) is 6.33. The van der Waals surface area contributed by atoms with Crippen LogP contribution in [0.2, 0.25) is 0 Å². The van der Waals surface area contributed by atoms with Crippen LogP contribution in [0.1, 0.15) is 24.0 Å². The van der Waals surface area contributed by atoms with E-state index in [-0.39, 0.29) is 0 Å². The first-order valence-electron chi connectivity index (χ1n) is 12.1. The van der Waals surface area contributed by atoms with E-state index in [4.69, 9.17) is 22.1 Å². The van der Waals surface area contributed by atoms with E-state index in [9.17, 15) is 0 Å². The Hall–Kier alpha value is -2.74. The molecule has 35 heavy (non-hydrogen) atoms. The maximum Gasteiger partial charge on any atom is 0.118 e. The predicted molar refractivity (Wildman–Crippen MR) is 151 cm³/mol. The summed E-state index contributed by atoms with van der Waals surface area (Å²) in [5, 5.41) is 2.90. The van der Waals surface area contributed by atoms with Crippen molar-refractivity contribution in [1.29, 1.82) is 0 Å². The van der Waals surface area contributed by atoms with Crippen LogP contribution in [-0.4, -0.2) is 26.0 Å². The Labute approximate surface area is 215 Å². The van der Waals surface area contributed by atoms with E-state index in [2.05, 4.69) is 84.9 Å². The average Bonchev–Trinajstić information content (AvgIpc) is 3.79. The standard InChI is InChI=1S/C31H31O2PS/c1-32-26-17-13-24(14-18-26)31(35,25-15-19-27(33-2)20-16-25)23-34(30-21-22-30,28-9-5-3-6-10-28)29-11-7-4-8-12-29/h3-20,30H,21-23H2,1-2H3. The van der Waals surface area contributed by atoms with Gasteiger partial charge < -0.3 is 22.1 Å². The number of rotatable bonds is 9. The molecule has 0 amide bonds. The first-order chi connectivity index (χ1) is 17.1. The van der Waals surface area contributed by atoms with Crippen LogP contribution in [0.5, 0.6) is 11.5 Å². The van der Waals surface area contributed by atoms with Crippen LogP contribution < -0.4 is 20.1 Å². The molecule has 1 fully saturated rings. The van der Waals surface area contributed by atoms with Gasteiger partial charge in [-0.1, -0.05) is 76.5 Å². The molecule has 4 aromatic rings. The summed E-state index contributed by atoms with van der Waals surface area (Å²) in [5.41, 5.74) is 2.93. The molecule has 1 aliphatic rings. The Morgan fingerprint density at radius 3 is 1.40 bits per heavy atom. The molecule has 0 N–H and O–H groups in total. The van der Waals surface area contributed by atoms with Crippen molar-refractivity contribution >= 4 is 30.5 Å². The van der Waals surface area contributed by atoms with Gasteiger partial charge in [0.2, 0.25) is 0 Å². The fraction of sp³-hybridized carbons (Fsp3) is 0.226. The van der Waals surface area contributed by atoms with E-state index in [1.165, 1.54) is 23.5 Å². The highest BCUT2D eigenvalue weighted by Gasteiger charge is 2.57. The molecule has 0 saturated heterocycles. The van der Waals surface area contributed by atoms with Gasteiger partial charge in [-0.25, -0.2) is 0 Å². The van der Waals surface area contributed by atoms with Crippen LogP contribution in [0.15, 0.2) is 109 Å². The molecule has 0 aromatic heterocycles. The maximum absolute atomic E-state index is 6.74. The van der Waals surface area contributed by atoms with Crippen molar-refractivity contribution in [3.8, 4) is 11.5 Å². The van der Waals surface area contributed by atoms with Crippen molar-refractivity contribution in [2.45, 2.75) is 23.2 Å². The fourth-order valence-electron chi connectivity index (χ4n) is 5.21. The van der Waals surface area contributed by atoms with Gasteiger partial charge >= 0.3 is 0 Å². The number of hydrogen-bond acceptors (Lipinski definition) is 3. The van der Waals surface area contributed by atoms with Crippen molar-refractivity contribution in [3.63, 3.8) is 0 Å². The van der Waals surface area contributed by atoms with Crippen molar-refractivity contribution in [1.82, 2.24) is 0 Å². The second-order valence-electron chi connectivity index (χ2n) is 9.21. The molecule has 0 bridgehead atoms. The molecule has 2 nitrogen and oxygen atoms in total. The van der Waals surface area contributed by atoms with E-state index in [0.717, 1.165) is 28.8 Å². The molecule has 1 aliphatic carbocycles. The molecule has 178 valence electrons. The summed E-state index contributed by atoms with van der Waals surface area (Å²) in [5.74, 6) is 1.69. The summed E-state index contributed by atoms with van der Waals surface area (Å²) in [4.78, 5) is 0. The highest BCUT2D eigenvalue weighted by atomic mass is 32.1. The summed E-state index contributed by atoms with van der Waals surface area (Å²) >= 11 is 6.74. The summed E-state index contributed by atoms with van der Waals surface area (Å²) in [6.45, 7) is 0. The van der Waals surface area contributed by atoms with Gasteiger partial charge in [-0.2, -0.15) is 0 Å². The quantitative estimate of drug-likeness (QED) is 0.199. The Morgan fingerprint density at radius 2 is 1.06 bits per heavy atom. The summed E-state index contributed by atoms with van der Waals surface area (Å²) in [6, 6.07) is 39.0. The zero-order valence-corrected chi connectivity index (χ0v) is 22.0. The first kappa shape index (κ1) is 24.0. The lowest BCUT2D eigenvalue weighted by Gasteiger charge is -2.46. The van der Waals surface area contributed by atoms with E-state index in [1.54, 1.807) is 14.2 Å². The van der Waals surface area contributed by atoms with Gasteiger partial charge in [0, 0.05) is 0 Å². The topological polar surface area (TPSA) is 18.5 Å². The third kappa shape index (κ3) is 4.60. The van der Waals surface area contributed by atoms with E-state index in [0.29, 0.717) is 5.66 Å². The van der Waals surface area contributed by atoms with Crippen LogP contribution >= 0.6 is 7.26 Å². The summed E-state index contributed by atoms with van der Waals surface area (Å²) in [7, 11) is 1.59. The van der Waals surface area contributed by atoms with Crippen LogP contribution in [0.3, 0.4) is 0 Å². The van der Waals surface area contributed by atoms with Crippen LogP contribution in [0.4, 0.5) is 0 Å². The molecule has 5 rings (SSSR count). The minimum Gasteiger partial charge on any atom is -0.773 e. The monoisotopic (exact) mass is 498 g/mol. The largest absolute Gasteiger partial charge is 0.773 e. The molecule has 0 radical (unpaired) electrons. The zero-order valence-electron chi connectivity index (χ0n) is 20.3. The minimum absolute atomic E-state index is 0.597. The molecular weight excluding hydrogens is 467 g/mol. The lowest BCUT2D eigenvalue weighted by atomic mass is 9.91. The van der Waals surface area contributed by atoms with Gasteiger partial charge in [-0.3, -0.25) is 0 Å². The smallest absolute Gasteiger partial charge is 0.118 e. The van der Waals surface area contributed by atoms with E-state index >= 15 is 0 Å². The average molecular weight is 499 g/mol. The van der Waals surface area contributed by atoms with Crippen molar-refractivity contribution in [2.24, 2.45) is 0 Å². The summed E-state index contributed by atoms with van der Waals surface area (Å²) < 4.78 is 10.3. The molecule has 1 saturated carbocycles. The Kier molecular flexibility index (Phi) is 6.91. The third-order valence-corrected chi connectivity index (χ3v) is 13.2. The molecule has 4 heteroatoms. The molecule has 0 aliphatic heterocycles. The van der Waals surface area contributed by atoms with Gasteiger partial charge in [-0.05, 0) is 61.4 Å². The molecule has 0 spiro atoms. The number of benzene rings is 4. The van der Waals surface area contributed by atoms with Gasteiger partial charge in [0.25, 0.3) is 0 Å². The van der Waals surface area contributed by atoms with Gasteiger partial charge in [0.15, 0.2) is 0 Å². The van der Waals surface area contributed by atoms with Crippen molar-refractivity contribution < 1.29 is 9.47 Å². The van der Waals surface area contributed by atoms with Gasteiger partial charge in [0.1, 0.15) is 11.5 Å². The zero-order chi connectivity index (χ0) is 24.3. The lowest BCUT2D eigenvalue weighted by Crippen LogP contribution is -2.39. The number of methoxy groups -OCH3 is 2. The van der Waals surface area contributed by atoms with Crippen molar-refractivity contribution in [3.05, 3.63) is 120 Å². The van der Waals surface area contributed by atoms with Gasteiger partial charge in [0.05, 0.1) is 43.9 Å². The van der Waals surface area contributed by atoms with Crippen LogP contribution in [0.25, 0.3) is 0 Å². The van der Waals surface area contributed by atoms with Crippen LogP contribution in [-0.2, 0) is 17.4 Å². The fourth-order valence-corrected chi connectivity index (χ4v) is 11.4. The molecular formula is C31H31O2PS. The van der Waals surface area contributed by atoms with Crippen molar-refractivity contribution in [2.75, 3.05) is 20.4 Å². The van der Waals surface area contributed by atoms with Gasteiger partial charge in [-0.15, -0.1) is 0 Å². The molecule has 4 aromatic carbocycles. The number of hydrogen-bond donors (Lipinski definition) is 0. The number of ether oxygens (including phenoxy) is 2. The Bertz CT molecular complexity index is 1150. The molecule has 0 unspecified atom stereocenters. The SMILES string of the molecule is COc1ccc(C([S-])(C[P+](c2ccccc2)(c2ccccc2)C2CC2)c2ccc(OC)cc2)cc1. The minimum atomic E-state index is -1.82. The second-order valence-corrected chi connectivity index (χ2v) is 13.7. The first-order valence-corrected chi connectivity index (χ1v) is 14.5. The normalized spacial score (nSPS) is 13.9. The highest BCUT2D eigenvalue weighted by molar-refractivity contribution is 7.90. The highest BCUT2D eigenvalue weighted by Crippen LogP contribution is 2.71. The Balaban J connectivity index is 1.72.